The van der Waals surface area contributed by atoms with E-state index in [1.807, 2.05) is 30.5 Å². The third kappa shape index (κ3) is 4.16. The fourth-order valence-corrected chi connectivity index (χ4v) is 3.59. The molecule has 0 spiro atoms. The van der Waals surface area contributed by atoms with Crippen LogP contribution in [0.3, 0.4) is 0 Å². The van der Waals surface area contributed by atoms with Gasteiger partial charge >= 0.3 is 0 Å². The second-order valence-electron chi connectivity index (χ2n) is 6.19. The summed E-state index contributed by atoms with van der Waals surface area (Å²) in [4.78, 5) is 26.8. The van der Waals surface area contributed by atoms with E-state index in [1.165, 1.54) is 18.6 Å². The van der Waals surface area contributed by atoms with Crippen LogP contribution in [0.4, 0.5) is 17.1 Å². The highest BCUT2D eigenvalue weighted by atomic mass is 32.2. The van der Waals surface area contributed by atoms with Gasteiger partial charge in [0, 0.05) is 35.8 Å². The molecular weight excluding hydrogens is 350 g/mol. The van der Waals surface area contributed by atoms with E-state index in [-0.39, 0.29) is 11.6 Å². The third-order valence-electron chi connectivity index (χ3n) is 4.46. The topological polar surface area (TPSA) is 75.5 Å². The van der Waals surface area contributed by atoms with Crippen LogP contribution < -0.4 is 10.2 Å². The Morgan fingerprint density at radius 2 is 1.92 bits per heavy atom. The van der Waals surface area contributed by atoms with Crippen molar-refractivity contribution < 1.29 is 9.72 Å². The summed E-state index contributed by atoms with van der Waals surface area (Å²) in [6, 6.07) is 12.1. The second kappa shape index (κ2) is 8.23. The van der Waals surface area contributed by atoms with E-state index in [9.17, 15) is 14.9 Å². The van der Waals surface area contributed by atoms with Gasteiger partial charge in [-0.2, -0.15) is 0 Å². The highest BCUT2D eigenvalue weighted by Gasteiger charge is 2.22. The van der Waals surface area contributed by atoms with E-state index in [0.29, 0.717) is 11.3 Å². The number of hydrogen-bond acceptors (Lipinski definition) is 5. The van der Waals surface area contributed by atoms with Crippen LogP contribution in [0.15, 0.2) is 47.4 Å². The number of carbonyl (C=O) groups excluding carboxylic acids is 1. The predicted octanol–water partition coefficient (Wildman–Crippen LogP) is 4.56. The number of anilines is 2. The van der Waals surface area contributed by atoms with Gasteiger partial charge < -0.3 is 10.2 Å². The quantitative estimate of drug-likeness (QED) is 0.474. The molecule has 1 amide bonds. The lowest BCUT2D eigenvalue weighted by molar-refractivity contribution is -0.384. The number of nitrogens with one attached hydrogen (secondary N) is 1. The van der Waals surface area contributed by atoms with Crippen LogP contribution in [-0.4, -0.2) is 30.2 Å². The number of carbonyl (C=O) groups is 1. The molecule has 0 radical (unpaired) electrons. The highest BCUT2D eigenvalue weighted by Crippen LogP contribution is 2.29. The SMILES string of the molecule is CSc1cccc(NC(=O)c2cc([N+](=O)[O-])ccc2N2CCCCC2)c1. The summed E-state index contributed by atoms with van der Waals surface area (Å²) in [5.74, 6) is -0.326. The molecule has 0 saturated carbocycles. The zero-order valence-electron chi connectivity index (χ0n) is 14.6. The number of nitrogens with zero attached hydrogens (tertiary/aromatic N) is 2. The Hall–Kier alpha value is -2.54. The first-order valence-corrected chi connectivity index (χ1v) is 9.80. The second-order valence-corrected chi connectivity index (χ2v) is 7.07. The lowest BCUT2D eigenvalue weighted by Gasteiger charge is -2.30. The van der Waals surface area contributed by atoms with Gasteiger partial charge in [-0.3, -0.25) is 14.9 Å². The number of benzene rings is 2. The summed E-state index contributed by atoms with van der Waals surface area (Å²) in [7, 11) is 0. The Bertz CT molecular complexity index is 819. The molecule has 136 valence electrons. The fourth-order valence-electron chi connectivity index (χ4n) is 3.13. The maximum absolute atomic E-state index is 12.9. The normalized spacial score (nSPS) is 14.1. The minimum atomic E-state index is -0.467. The Morgan fingerprint density at radius 1 is 1.15 bits per heavy atom. The van der Waals surface area contributed by atoms with Gasteiger partial charge in [0.15, 0.2) is 0 Å². The molecule has 3 rings (SSSR count). The van der Waals surface area contributed by atoms with E-state index in [2.05, 4.69) is 10.2 Å². The maximum atomic E-state index is 12.9. The number of nitro benzene ring substituents is 1. The molecule has 1 N–H and O–H groups in total. The molecule has 1 fully saturated rings. The Balaban J connectivity index is 1.92. The number of amides is 1. The van der Waals surface area contributed by atoms with Gasteiger partial charge in [0.2, 0.25) is 0 Å². The van der Waals surface area contributed by atoms with E-state index in [0.717, 1.165) is 36.5 Å². The zero-order valence-corrected chi connectivity index (χ0v) is 15.4. The smallest absolute Gasteiger partial charge is 0.270 e. The van der Waals surface area contributed by atoms with Crippen LogP contribution in [0.5, 0.6) is 0 Å². The molecule has 26 heavy (non-hydrogen) atoms. The molecule has 0 bridgehead atoms. The van der Waals surface area contributed by atoms with Crippen molar-refractivity contribution in [2.24, 2.45) is 0 Å². The van der Waals surface area contributed by atoms with Gasteiger partial charge in [0.1, 0.15) is 0 Å². The highest BCUT2D eigenvalue weighted by molar-refractivity contribution is 7.98. The molecule has 6 nitrogen and oxygen atoms in total. The number of nitro groups is 1. The van der Waals surface area contributed by atoms with Crippen molar-refractivity contribution in [3.8, 4) is 0 Å². The number of thioether (sulfide) groups is 1. The minimum absolute atomic E-state index is 0.0752. The molecule has 1 aliphatic rings. The van der Waals surface area contributed by atoms with Gasteiger partial charge in [-0.1, -0.05) is 6.07 Å². The van der Waals surface area contributed by atoms with Crippen molar-refractivity contribution in [2.45, 2.75) is 24.2 Å². The van der Waals surface area contributed by atoms with Gasteiger partial charge in [-0.15, -0.1) is 11.8 Å². The molecule has 2 aromatic carbocycles. The molecule has 0 aromatic heterocycles. The van der Waals surface area contributed by atoms with Gasteiger partial charge in [0.05, 0.1) is 16.2 Å². The van der Waals surface area contributed by atoms with Crippen molar-refractivity contribution in [2.75, 3.05) is 29.6 Å². The van der Waals surface area contributed by atoms with E-state index in [1.54, 1.807) is 17.8 Å². The summed E-state index contributed by atoms with van der Waals surface area (Å²) >= 11 is 1.59. The lowest BCUT2D eigenvalue weighted by Crippen LogP contribution is -2.31. The lowest BCUT2D eigenvalue weighted by atomic mass is 10.1. The average Bonchev–Trinajstić information content (AvgIpc) is 2.68. The van der Waals surface area contributed by atoms with Crippen molar-refractivity contribution >= 4 is 34.7 Å². The maximum Gasteiger partial charge on any atom is 0.270 e. The predicted molar refractivity (Wildman–Crippen MR) is 105 cm³/mol. The van der Waals surface area contributed by atoms with Crippen molar-refractivity contribution in [1.82, 2.24) is 0 Å². The Kier molecular flexibility index (Phi) is 5.78. The molecule has 0 aliphatic carbocycles. The van der Waals surface area contributed by atoms with Gasteiger partial charge in [0.25, 0.3) is 11.6 Å². The molecule has 1 aliphatic heterocycles. The monoisotopic (exact) mass is 371 g/mol. The first kappa shape index (κ1) is 18.3. The molecule has 1 saturated heterocycles. The summed E-state index contributed by atoms with van der Waals surface area (Å²) in [6.45, 7) is 1.72. The van der Waals surface area contributed by atoms with Crippen LogP contribution in [0.1, 0.15) is 29.6 Å². The summed E-state index contributed by atoms with van der Waals surface area (Å²) in [5.41, 5.74) is 1.70. The summed E-state index contributed by atoms with van der Waals surface area (Å²) < 4.78 is 0. The number of non-ortho nitro benzene ring substituents is 1. The van der Waals surface area contributed by atoms with Crippen LogP contribution in [0.25, 0.3) is 0 Å². The third-order valence-corrected chi connectivity index (χ3v) is 5.19. The standard InChI is InChI=1S/C19H21N3O3S/c1-26-16-7-5-6-14(12-16)20-19(23)17-13-15(22(24)25)8-9-18(17)21-10-3-2-4-11-21/h5-9,12-13H,2-4,10-11H2,1H3,(H,20,23). The van der Waals surface area contributed by atoms with Gasteiger partial charge in [-0.05, 0) is 49.8 Å². The fraction of sp³-hybridized carbons (Fsp3) is 0.316. The minimum Gasteiger partial charge on any atom is -0.371 e. The number of hydrogen-bond donors (Lipinski definition) is 1. The van der Waals surface area contributed by atoms with Crippen LogP contribution in [0.2, 0.25) is 0 Å². The molecule has 0 unspecified atom stereocenters. The molecule has 1 heterocycles. The van der Waals surface area contributed by atoms with Crippen molar-refractivity contribution in [3.63, 3.8) is 0 Å². The van der Waals surface area contributed by atoms with Crippen molar-refractivity contribution in [3.05, 3.63) is 58.1 Å². The first-order chi connectivity index (χ1) is 12.6. The van der Waals surface area contributed by atoms with Crippen LogP contribution in [0, 0.1) is 10.1 Å². The van der Waals surface area contributed by atoms with E-state index in [4.69, 9.17) is 0 Å². The van der Waals surface area contributed by atoms with E-state index < -0.39 is 4.92 Å². The molecule has 0 atom stereocenters. The van der Waals surface area contributed by atoms with E-state index >= 15 is 0 Å². The van der Waals surface area contributed by atoms with Gasteiger partial charge in [-0.25, -0.2) is 0 Å². The molecule has 2 aromatic rings. The molecule has 7 heteroatoms. The zero-order chi connectivity index (χ0) is 18.5. The first-order valence-electron chi connectivity index (χ1n) is 8.57. The molecular formula is C19H21N3O3S. The number of rotatable bonds is 5. The summed E-state index contributed by atoms with van der Waals surface area (Å²) in [6.07, 6.45) is 5.27. The van der Waals surface area contributed by atoms with Crippen LogP contribution in [-0.2, 0) is 0 Å². The summed E-state index contributed by atoms with van der Waals surface area (Å²) in [5, 5.41) is 14.0. The Labute approximate surface area is 156 Å². The largest absolute Gasteiger partial charge is 0.371 e. The average molecular weight is 371 g/mol. The van der Waals surface area contributed by atoms with Crippen LogP contribution >= 0.6 is 11.8 Å². The van der Waals surface area contributed by atoms with Crippen molar-refractivity contribution in [1.29, 1.82) is 0 Å². The number of piperidine rings is 1. The Morgan fingerprint density at radius 3 is 2.62 bits per heavy atom.